The Kier molecular flexibility index (Phi) is 4.87. The predicted molar refractivity (Wildman–Crippen MR) is 121 cm³/mol. The van der Waals surface area contributed by atoms with Crippen LogP contribution < -0.4 is 0 Å². The Hall–Kier alpha value is -3.84. The van der Waals surface area contributed by atoms with Crippen molar-refractivity contribution in [1.29, 1.82) is 0 Å². The number of carbonyl (C=O) groups is 4. The molecule has 2 heterocycles. The van der Waals surface area contributed by atoms with Gasteiger partial charge >= 0.3 is 0 Å². The molecule has 0 N–H and O–H groups in total. The Labute approximate surface area is 190 Å². The number of hydrogen-bond acceptors (Lipinski definition) is 5. The Morgan fingerprint density at radius 3 is 1.52 bits per heavy atom. The van der Waals surface area contributed by atoms with Gasteiger partial charge in [0.25, 0.3) is 23.6 Å². The standard InChI is InChI=1S/C26H22N2O5/c1-14-5-4-6-15(2)20(14)13-28-25(31)18-9-7-16-21-17(8-10-19(22(18)21)26(28)32)24(30)27(23(16)29)11-12-33-3/h4-10H,11-13H2,1-3H3. The molecule has 0 saturated carbocycles. The van der Waals surface area contributed by atoms with Crippen LogP contribution in [0.4, 0.5) is 0 Å². The molecule has 166 valence electrons. The highest BCUT2D eigenvalue weighted by Gasteiger charge is 2.39. The lowest BCUT2D eigenvalue weighted by Crippen LogP contribution is -2.44. The minimum Gasteiger partial charge on any atom is -0.383 e. The summed E-state index contributed by atoms with van der Waals surface area (Å²) in [5, 5.41) is 0.757. The van der Waals surface area contributed by atoms with Gasteiger partial charge in [0.05, 0.1) is 19.7 Å². The summed E-state index contributed by atoms with van der Waals surface area (Å²) in [5.74, 6) is -1.77. The fourth-order valence-electron chi connectivity index (χ4n) is 4.76. The van der Waals surface area contributed by atoms with Crippen LogP contribution in [0.25, 0.3) is 10.8 Å². The summed E-state index contributed by atoms with van der Waals surface area (Å²) in [7, 11) is 1.50. The van der Waals surface area contributed by atoms with Gasteiger partial charge in [-0.3, -0.25) is 29.0 Å². The topological polar surface area (TPSA) is 84.0 Å². The van der Waals surface area contributed by atoms with Gasteiger partial charge in [-0.15, -0.1) is 0 Å². The highest BCUT2D eigenvalue weighted by molar-refractivity contribution is 6.33. The summed E-state index contributed by atoms with van der Waals surface area (Å²) in [6.45, 7) is 4.40. The summed E-state index contributed by atoms with van der Waals surface area (Å²) < 4.78 is 5.03. The molecule has 33 heavy (non-hydrogen) atoms. The Morgan fingerprint density at radius 2 is 1.09 bits per heavy atom. The highest BCUT2D eigenvalue weighted by Crippen LogP contribution is 2.38. The predicted octanol–water partition coefficient (Wildman–Crippen LogP) is 3.50. The third kappa shape index (κ3) is 3.00. The second-order valence-electron chi connectivity index (χ2n) is 8.39. The second kappa shape index (κ2) is 7.64. The van der Waals surface area contributed by atoms with Crippen LogP contribution in [0.2, 0.25) is 0 Å². The number of hydrogen-bond donors (Lipinski definition) is 0. The molecule has 0 bridgehead atoms. The van der Waals surface area contributed by atoms with E-state index in [1.54, 1.807) is 24.3 Å². The van der Waals surface area contributed by atoms with E-state index in [0.29, 0.717) is 33.0 Å². The SMILES string of the molecule is COCCN1C(=O)c2ccc3c4c(ccc(c24)C1=O)C(=O)N(Cc1c(C)cccc1C)C3=O. The third-order valence-corrected chi connectivity index (χ3v) is 6.54. The first-order valence-corrected chi connectivity index (χ1v) is 10.7. The van der Waals surface area contributed by atoms with Gasteiger partial charge in [-0.1, -0.05) is 18.2 Å². The van der Waals surface area contributed by atoms with Gasteiger partial charge in [-0.2, -0.15) is 0 Å². The summed E-state index contributed by atoms with van der Waals surface area (Å²) in [6, 6.07) is 12.2. The quantitative estimate of drug-likeness (QED) is 0.565. The van der Waals surface area contributed by atoms with Gasteiger partial charge in [0.15, 0.2) is 0 Å². The van der Waals surface area contributed by atoms with Crippen molar-refractivity contribution in [3.8, 4) is 0 Å². The first-order valence-electron chi connectivity index (χ1n) is 10.7. The molecule has 4 amide bonds. The minimum absolute atomic E-state index is 0.125. The molecule has 0 radical (unpaired) electrons. The fourth-order valence-corrected chi connectivity index (χ4v) is 4.76. The number of aryl methyl sites for hydroxylation is 2. The van der Waals surface area contributed by atoms with E-state index in [1.807, 2.05) is 32.0 Å². The molecule has 7 heteroatoms. The van der Waals surface area contributed by atoms with Crippen LogP contribution >= 0.6 is 0 Å². The van der Waals surface area contributed by atoms with Crippen LogP contribution in [0, 0.1) is 13.8 Å². The second-order valence-corrected chi connectivity index (χ2v) is 8.39. The van der Waals surface area contributed by atoms with E-state index in [0.717, 1.165) is 21.6 Å². The van der Waals surface area contributed by atoms with E-state index in [9.17, 15) is 19.2 Å². The number of rotatable bonds is 5. The van der Waals surface area contributed by atoms with E-state index in [4.69, 9.17) is 4.74 Å². The summed E-state index contributed by atoms with van der Waals surface area (Å²) in [4.78, 5) is 55.4. The molecule has 3 aromatic carbocycles. The van der Waals surface area contributed by atoms with Crippen LogP contribution in [0.15, 0.2) is 42.5 Å². The third-order valence-electron chi connectivity index (χ3n) is 6.54. The Balaban J connectivity index is 1.65. The zero-order valence-corrected chi connectivity index (χ0v) is 18.6. The molecular weight excluding hydrogens is 420 g/mol. The van der Waals surface area contributed by atoms with Crippen LogP contribution in [-0.2, 0) is 11.3 Å². The lowest BCUT2D eigenvalue weighted by atomic mass is 9.85. The van der Waals surface area contributed by atoms with Crippen LogP contribution in [0.5, 0.6) is 0 Å². The zero-order valence-electron chi connectivity index (χ0n) is 18.6. The first kappa shape index (κ1) is 21.0. The average Bonchev–Trinajstić information content (AvgIpc) is 2.80. The molecule has 0 aliphatic carbocycles. The molecule has 3 aromatic rings. The van der Waals surface area contributed by atoms with Crippen molar-refractivity contribution in [3.63, 3.8) is 0 Å². The Bertz CT molecular complexity index is 1300. The monoisotopic (exact) mass is 442 g/mol. The molecule has 5 rings (SSSR count). The molecule has 0 atom stereocenters. The lowest BCUT2D eigenvalue weighted by molar-refractivity contribution is 0.0551. The average molecular weight is 442 g/mol. The normalized spacial score (nSPS) is 15.1. The maximum atomic E-state index is 13.4. The van der Waals surface area contributed by atoms with Crippen LogP contribution in [-0.4, -0.2) is 53.7 Å². The van der Waals surface area contributed by atoms with Crippen LogP contribution in [0.1, 0.15) is 58.1 Å². The molecule has 7 nitrogen and oxygen atoms in total. The number of carbonyl (C=O) groups excluding carboxylic acids is 4. The van der Waals surface area contributed by atoms with Gasteiger partial charge in [-0.05, 0) is 54.8 Å². The largest absolute Gasteiger partial charge is 0.383 e. The summed E-state index contributed by atoms with van der Waals surface area (Å²) in [6.07, 6.45) is 0. The fraction of sp³-hybridized carbons (Fsp3) is 0.231. The number of methoxy groups -OCH3 is 1. The van der Waals surface area contributed by atoms with Crippen LogP contribution in [0.3, 0.4) is 0 Å². The van der Waals surface area contributed by atoms with E-state index >= 15 is 0 Å². The minimum atomic E-state index is -0.453. The molecular formula is C26H22N2O5. The molecule has 0 aromatic heterocycles. The van der Waals surface area contributed by atoms with E-state index in [1.165, 1.54) is 12.0 Å². The van der Waals surface area contributed by atoms with Crippen molar-refractivity contribution in [2.45, 2.75) is 20.4 Å². The summed E-state index contributed by atoms with van der Waals surface area (Å²) >= 11 is 0. The maximum absolute atomic E-state index is 13.4. The number of ether oxygens (including phenoxy) is 1. The number of benzene rings is 3. The number of imide groups is 2. The molecule has 0 spiro atoms. The van der Waals surface area contributed by atoms with Crippen molar-refractivity contribution in [2.75, 3.05) is 20.3 Å². The van der Waals surface area contributed by atoms with Gasteiger partial charge in [0.1, 0.15) is 0 Å². The van der Waals surface area contributed by atoms with Crippen molar-refractivity contribution >= 4 is 34.4 Å². The Morgan fingerprint density at radius 1 is 0.667 bits per heavy atom. The smallest absolute Gasteiger partial charge is 0.261 e. The molecule has 0 fully saturated rings. The van der Waals surface area contributed by atoms with Crippen molar-refractivity contribution < 1.29 is 23.9 Å². The van der Waals surface area contributed by atoms with Gasteiger partial charge in [-0.25, -0.2) is 0 Å². The van der Waals surface area contributed by atoms with Gasteiger partial charge < -0.3 is 4.74 Å². The molecule has 2 aliphatic heterocycles. The lowest BCUT2D eigenvalue weighted by Gasteiger charge is -2.32. The number of nitrogens with zero attached hydrogens (tertiary/aromatic N) is 2. The van der Waals surface area contributed by atoms with Gasteiger partial charge in [0.2, 0.25) is 0 Å². The van der Waals surface area contributed by atoms with Crippen molar-refractivity contribution in [1.82, 2.24) is 9.80 Å². The number of amides is 4. The first-order chi connectivity index (χ1) is 15.8. The summed E-state index contributed by atoms with van der Waals surface area (Å²) in [5.41, 5.74) is 4.19. The molecule has 0 unspecified atom stereocenters. The van der Waals surface area contributed by atoms with E-state index in [-0.39, 0.29) is 19.7 Å². The maximum Gasteiger partial charge on any atom is 0.261 e. The van der Waals surface area contributed by atoms with Crippen molar-refractivity contribution in [3.05, 3.63) is 81.4 Å². The highest BCUT2D eigenvalue weighted by atomic mass is 16.5. The van der Waals surface area contributed by atoms with E-state index in [2.05, 4.69) is 0 Å². The molecule has 0 saturated heterocycles. The van der Waals surface area contributed by atoms with E-state index < -0.39 is 23.6 Å². The van der Waals surface area contributed by atoms with Gasteiger partial charge in [0, 0.05) is 40.1 Å². The zero-order chi connectivity index (χ0) is 23.4. The molecule has 2 aliphatic rings. The van der Waals surface area contributed by atoms with Crippen molar-refractivity contribution in [2.24, 2.45) is 0 Å².